The van der Waals surface area contributed by atoms with Crippen LogP contribution < -0.4 is 11.1 Å². The summed E-state index contributed by atoms with van der Waals surface area (Å²) in [4.78, 5) is 8.26. The minimum atomic E-state index is 0.0999. The Kier molecular flexibility index (Phi) is 2.71. The van der Waals surface area contributed by atoms with Crippen LogP contribution in [-0.2, 0) is 4.74 Å². The van der Waals surface area contributed by atoms with E-state index in [4.69, 9.17) is 10.5 Å². The topological polar surface area (TPSA) is 73.1 Å². The summed E-state index contributed by atoms with van der Waals surface area (Å²) in [5.74, 6) is 1.07. The Balaban J connectivity index is 2.02. The van der Waals surface area contributed by atoms with Crippen LogP contribution in [0, 0.1) is 5.41 Å². The Bertz CT molecular complexity index is 380. The number of nitrogen functional groups attached to an aromatic ring is 1. The zero-order valence-electron chi connectivity index (χ0n) is 9.90. The molecule has 1 aliphatic rings. The summed E-state index contributed by atoms with van der Waals surface area (Å²) >= 11 is 0. The van der Waals surface area contributed by atoms with Gasteiger partial charge < -0.3 is 15.8 Å². The molecule has 2 atom stereocenters. The van der Waals surface area contributed by atoms with Crippen LogP contribution in [0.2, 0.25) is 0 Å². The molecule has 3 N–H and O–H groups in total. The molecule has 0 bridgehead atoms. The van der Waals surface area contributed by atoms with Crippen LogP contribution in [0.5, 0.6) is 0 Å². The second-order valence-corrected chi connectivity index (χ2v) is 4.78. The van der Waals surface area contributed by atoms with E-state index in [-0.39, 0.29) is 5.41 Å². The average Bonchev–Trinajstić information content (AvgIpc) is 2.23. The van der Waals surface area contributed by atoms with Crippen LogP contribution in [0.1, 0.15) is 20.3 Å². The van der Waals surface area contributed by atoms with E-state index in [0.717, 1.165) is 6.42 Å². The fourth-order valence-corrected chi connectivity index (χ4v) is 2.13. The number of rotatable bonds is 3. The first-order chi connectivity index (χ1) is 7.54. The van der Waals surface area contributed by atoms with E-state index in [9.17, 15) is 0 Å². The Hall–Kier alpha value is -1.36. The first-order valence-electron chi connectivity index (χ1n) is 5.42. The molecule has 1 aliphatic carbocycles. The first kappa shape index (κ1) is 11.1. The van der Waals surface area contributed by atoms with Gasteiger partial charge in [0.1, 0.15) is 5.82 Å². The van der Waals surface area contributed by atoms with Crippen LogP contribution >= 0.6 is 0 Å². The molecule has 1 aromatic heterocycles. The number of ether oxygens (including phenoxy) is 1. The van der Waals surface area contributed by atoms with Crippen LogP contribution in [0.4, 0.5) is 11.8 Å². The summed E-state index contributed by atoms with van der Waals surface area (Å²) < 4.78 is 5.39. The molecule has 5 heteroatoms. The van der Waals surface area contributed by atoms with E-state index >= 15 is 0 Å². The van der Waals surface area contributed by atoms with Gasteiger partial charge in [-0.1, -0.05) is 13.8 Å². The molecule has 1 fully saturated rings. The van der Waals surface area contributed by atoms with Gasteiger partial charge in [0.15, 0.2) is 0 Å². The van der Waals surface area contributed by atoms with Crippen molar-refractivity contribution < 1.29 is 4.74 Å². The Labute approximate surface area is 95.4 Å². The lowest BCUT2D eigenvalue weighted by Crippen LogP contribution is -2.57. The van der Waals surface area contributed by atoms with Gasteiger partial charge in [-0.25, -0.2) is 4.98 Å². The van der Waals surface area contributed by atoms with Gasteiger partial charge in [-0.3, -0.25) is 0 Å². The van der Waals surface area contributed by atoms with Gasteiger partial charge in [-0.15, -0.1) is 0 Å². The fraction of sp³-hybridized carbons (Fsp3) is 0.636. The maximum absolute atomic E-state index is 5.60. The molecule has 0 aliphatic heterocycles. The number of anilines is 2. The maximum atomic E-state index is 5.60. The maximum Gasteiger partial charge on any atom is 0.224 e. The SMILES string of the molecule is COC1CC(Nc2nccc(N)n2)C1(C)C. The van der Waals surface area contributed by atoms with Gasteiger partial charge in [0.25, 0.3) is 0 Å². The van der Waals surface area contributed by atoms with Crippen molar-refractivity contribution in [2.24, 2.45) is 5.41 Å². The molecule has 88 valence electrons. The molecule has 0 amide bonds. The molecule has 1 aromatic rings. The third kappa shape index (κ3) is 1.82. The molecule has 2 unspecified atom stereocenters. The van der Waals surface area contributed by atoms with E-state index in [0.29, 0.717) is 23.9 Å². The number of methoxy groups -OCH3 is 1. The van der Waals surface area contributed by atoms with Crippen molar-refractivity contribution in [3.63, 3.8) is 0 Å². The van der Waals surface area contributed by atoms with Gasteiger partial charge in [0.2, 0.25) is 5.95 Å². The third-order valence-electron chi connectivity index (χ3n) is 3.44. The van der Waals surface area contributed by atoms with E-state index in [1.165, 1.54) is 0 Å². The van der Waals surface area contributed by atoms with Crippen LogP contribution in [-0.4, -0.2) is 29.2 Å². The molecule has 1 saturated carbocycles. The molecule has 0 aromatic carbocycles. The smallest absolute Gasteiger partial charge is 0.224 e. The van der Waals surface area contributed by atoms with Crippen LogP contribution in [0.15, 0.2) is 12.3 Å². The van der Waals surface area contributed by atoms with Crippen LogP contribution in [0.25, 0.3) is 0 Å². The van der Waals surface area contributed by atoms with Gasteiger partial charge in [0, 0.05) is 24.8 Å². The lowest BCUT2D eigenvalue weighted by molar-refractivity contribution is -0.0796. The molecule has 0 saturated heterocycles. The fourth-order valence-electron chi connectivity index (χ4n) is 2.13. The van der Waals surface area contributed by atoms with E-state index in [1.807, 2.05) is 0 Å². The van der Waals surface area contributed by atoms with Crippen molar-refractivity contribution in [2.75, 3.05) is 18.2 Å². The summed E-state index contributed by atoms with van der Waals surface area (Å²) in [5.41, 5.74) is 5.70. The van der Waals surface area contributed by atoms with Crippen molar-refractivity contribution in [2.45, 2.75) is 32.4 Å². The molecule has 1 heterocycles. The highest BCUT2D eigenvalue weighted by Crippen LogP contribution is 2.43. The summed E-state index contributed by atoms with van der Waals surface area (Å²) in [5, 5.41) is 3.29. The van der Waals surface area contributed by atoms with Gasteiger partial charge in [-0.05, 0) is 12.5 Å². The quantitative estimate of drug-likeness (QED) is 0.806. The van der Waals surface area contributed by atoms with E-state index in [2.05, 4.69) is 29.1 Å². The van der Waals surface area contributed by atoms with Crippen molar-refractivity contribution in [1.82, 2.24) is 9.97 Å². The monoisotopic (exact) mass is 222 g/mol. The molecular weight excluding hydrogens is 204 g/mol. The number of nitrogens with zero attached hydrogens (tertiary/aromatic N) is 2. The zero-order chi connectivity index (χ0) is 11.8. The molecule has 5 nitrogen and oxygen atoms in total. The zero-order valence-corrected chi connectivity index (χ0v) is 9.90. The Morgan fingerprint density at radius 3 is 2.88 bits per heavy atom. The summed E-state index contributed by atoms with van der Waals surface area (Å²) in [6.07, 6.45) is 2.93. The molecule has 2 rings (SSSR count). The minimum absolute atomic E-state index is 0.0999. The number of aromatic nitrogens is 2. The Morgan fingerprint density at radius 1 is 1.56 bits per heavy atom. The second-order valence-electron chi connectivity index (χ2n) is 4.78. The third-order valence-corrected chi connectivity index (χ3v) is 3.44. The Morgan fingerprint density at radius 2 is 2.31 bits per heavy atom. The normalized spacial score (nSPS) is 27.2. The largest absolute Gasteiger partial charge is 0.384 e. The van der Waals surface area contributed by atoms with E-state index in [1.54, 1.807) is 19.4 Å². The van der Waals surface area contributed by atoms with E-state index < -0.39 is 0 Å². The number of hydrogen-bond acceptors (Lipinski definition) is 5. The molecule has 16 heavy (non-hydrogen) atoms. The number of nitrogens with two attached hydrogens (primary N) is 1. The summed E-state index contributed by atoms with van der Waals surface area (Å²) in [7, 11) is 1.75. The van der Waals surface area contributed by atoms with Crippen molar-refractivity contribution >= 4 is 11.8 Å². The highest BCUT2D eigenvalue weighted by molar-refractivity contribution is 5.37. The highest BCUT2D eigenvalue weighted by Gasteiger charge is 2.48. The van der Waals surface area contributed by atoms with Gasteiger partial charge in [-0.2, -0.15) is 4.98 Å². The lowest BCUT2D eigenvalue weighted by atomic mass is 9.64. The summed E-state index contributed by atoms with van der Waals surface area (Å²) in [6.45, 7) is 4.35. The number of hydrogen-bond donors (Lipinski definition) is 2. The van der Waals surface area contributed by atoms with Gasteiger partial charge >= 0.3 is 0 Å². The molecular formula is C11H18N4O. The van der Waals surface area contributed by atoms with Crippen molar-refractivity contribution in [3.05, 3.63) is 12.3 Å². The molecule has 0 radical (unpaired) electrons. The van der Waals surface area contributed by atoms with Gasteiger partial charge in [0.05, 0.1) is 6.10 Å². The predicted molar refractivity (Wildman–Crippen MR) is 63.1 cm³/mol. The molecule has 0 spiro atoms. The number of nitrogens with one attached hydrogen (secondary N) is 1. The van der Waals surface area contributed by atoms with Crippen molar-refractivity contribution in [3.8, 4) is 0 Å². The highest BCUT2D eigenvalue weighted by atomic mass is 16.5. The van der Waals surface area contributed by atoms with Crippen molar-refractivity contribution in [1.29, 1.82) is 0 Å². The first-order valence-corrected chi connectivity index (χ1v) is 5.42. The predicted octanol–water partition coefficient (Wildman–Crippen LogP) is 1.28. The summed E-state index contributed by atoms with van der Waals surface area (Å²) in [6, 6.07) is 2.01. The minimum Gasteiger partial charge on any atom is -0.384 e. The lowest BCUT2D eigenvalue weighted by Gasteiger charge is -2.51. The second kappa shape index (κ2) is 3.90. The average molecular weight is 222 g/mol. The van der Waals surface area contributed by atoms with Crippen LogP contribution in [0.3, 0.4) is 0 Å². The standard InChI is InChI=1S/C11H18N4O/c1-11(2)7(6-8(11)16-3)14-10-13-5-4-9(12)15-10/h4-5,7-8H,6H2,1-3H3,(H3,12,13,14,15).